The summed E-state index contributed by atoms with van der Waals surface area (Å²) in [5.41, 5.74) is 0. The van der Waals surface area contributed by atoms with E-state index in [1.54, 1.807) is 19.9 Å². The zero-order valence-electron chi connectivity index (χ0n) is 9.46. The highest BCUT2D eigenvalue weighted by molar-refractivity contribution is 7.53. The van der Waals surface area contributed by atoms with Crippen LogP contribution in [0.4, 0.5) is 0 Å². The van der Waals surface area contributed by atoms with Crippen LogP contribution in [0.1, 0.15) is 24.8 Å². The van der Waals surface area contributed by atoms with Crippen molar-refractivity contribution in [2.75, 3.05) is 19.4 Å². The maximum Gasteiger partial charge on any atom is 0.333 e. The monoisotopic (exact) mass is 264 g/mol. The standard InChI is InChI=1S/C10H17O4PS/c1-3-13-15(12,14-4-2)8-9(11)10-6-5-7-16-10/h5-7,9,11H,3-4,8H2,1-2H3. The summed E-state index contributed by atoms with van der Waals surface area (Å²) in [6, 6.07) is 3.65. The van der Waals surface area contributed by atoms with Crippen LogP contribution in [-0.2, 0) is 13.6 Å². The van der Waals surface area contributed by atoms with E-state index in [9.17, 15) is 9.67 Å². The molecule has 1 aromatic rings. The van der Waals surface area contributed by atoms with Crippen LogP contribution in [0.5, 0.6) is 0 Å². The Morgan fingerprint density at radius 2 is 2.06 bits per heavy atom. The third-order valence-electron chi connectivity index (χ3n) is 1.92. The van der Waals surface area contributed by atoms with Crippen LogP contribution >= 0.6 is 18.9 Å². The highest BCUT2D eigenvalue weighted by Gasteiger charge is 2.28. The summed E-state index contributed by atoms with van der Waals surface area (Å²) in [5.74, 6) is 0. The summed E-state index contributed by atoms with van der Waals surface area (Å²) in [6.07, 6.45) is -0.779. The van der Waals surface area contributed by atoms with Gasteiger partial charge in [-0.1, -0.05) is 6.07 Å². The highest BCUT2D eigenvalue weighted by Crippen LogP contribution is 2.50. The number of hydrogen-bond acceptors (Lipinski definition) is 5. The molecule has 1 heterocycles. The summed E-state index contributed by atoms with van der Waals surface area (Å²) in [5, 5.41) is 11.7. The maximum atomic E-state index is 12.1. The predicted octanol–water partition coefficient (Wildman–Crippen LogP) is 3.05. The minimum Gasteiger partial charge on any atom is -0.387 e. The van der Waals surface area contributed by atoms with Gasteiger partial charge in [-0.05, 0) is 25.3 Å². The summed E-state index contributed by atoms with van der Waals surface area (Å²) < 4.78 is 22.4. The molecular weight excluding hydrogens is 247 g/mol. The van der Waals surface area contributed by atoms with Crippen LogP contribution in [0, 0.1) is 0 Å². The van der Waals surface area contributed by atoms with Crippen LogP contribution in [0.15, 0.2) is 17.5 Å². The smallest absolute Gasteiger partial charge is 0.333 e. The molecule has 0 fully saturated rings. The molecule has 16 heavy (non-hydrogen) atoms. The van der Waals surface area contributed by atoms with Crippen molar-refractivity contribution in [3.05, 3.63) is 22.4 Å². The first kappa shape index (κ1) is 13.9. The fourth-order valence-electron chi connectivity index (χ4n) is 1.32. The molecule has 92 valence electrons. The zero-order valence-corrected chi connectivity index (χ0v) is 11.2. The normalized spacial score (nSPS) is 13.9. The number of aliphatic hydroxyl groups excluding tert-OH is 1. The summed E-state index contributed by atoms with van der Waals surface area (Å²) >= 11 is 1.43. The molecule has 0 aliphatic heterocycles. The van der Waals surface area contributed by atoms with Crippen LogP contribution in [-0.4, -0.2) is 24.5 Å². The van der Waals surface area contributed by atoms with Gasteiger partial charge in [-0.25, -0.2) is 0 Å². The molecule has 0 saturated heterocycles. The van der Waals surface area contributed by atoms with Gasteiger partial charge in [0.05, 0.1) is 25.5 Å². The van der Waals surface area contributed by atoms with Crippen LogP contribution in [0.3, 0.4) is 0 Å². The molecule has 1 rings (SSSR count). The van der Waals surface area contributed by atoms with E-state index in [-0.39, 0.29) is 6.16 Å². The zero-order chi connectivity index (χ0) is 12.0. The maximum absolute atomic E-state index is 12.1. The van der Waals surface area contributed by atoms with Crippen molar-refractivity contribution in [2.24, 2.45) is 0 Å². The SMILES string of the molecule is CCOP(=O)(CC(O)c1cccs1)OCC. The Balaban J connectivity index is 2.64. The van der Waals surface area contributed by atoms with Crippen molar-refractivity contribution in [1.29, 1.82) is 0 Å². The van der Waals surface area contributed by atoms with Gasteiger partial charge >= 0.3 is 7.60 Å². The lowest BCUT2D eigenvalue weighted by Crippen LogP contribution is -2.07. The van der Waals surface area contributed by atoms with E-state index in [0.717, 1.165) is 4.88 Å². The fourth-order valence-corrected chi connectivity index (χ4v) is 3.85. The third-order valence-corrected chi connectivity index (χ3v) is 4.99. The summed E-state index contributed by atoms with van der Waals surface area (Å²) in [4.78, 5) is 0.777. The molecule has 4 nitrogen and oxygen atoms in total. The van der Waals surface area contributed by atoms with E-state index in [1.165, 1.54) is 11.3 Å². The molecular formula is C10H17O4PS. The molecule has 6 heteroatoms. The second-order valence-corrected chi connectivity index (χ2v) is 6.24. The molecule has 0 aliphatic carbocycles. The Morgan fingerprint density at radius 1 is 1.44 bits per heavy atom. The fraction of sp³-hybridized carbons (Fsp3) is 0.600. The first-order valence-corrected chi connectivity index (χ1v) is 7.81. The molecule has 0 aromatic carbocycles. The van der Waals surface area contributed by atoms with E-state index >= 15 is 0 Å². The van der Waals surface area contributed by atoms with Gasteiger partial charge in [0, 0.05) is 4.88 Å². The predicted molar refractivity (Wildman–Crippen MR) is 65.0 cm³/mol. The lowest BCUT2D eigenvalue weighted by molar-refractivity contribution is 0.173. The van der Waals surface area contributed by atoms with Gasteiger partial charge in [-0.3, -0.25) is 4.57 Å². The van der Waals surface area contributed by atoms with Crippen LogP contribution in [0.2, 0.25) is 0 Å². The Kier molecular flexibility index (Phi) is 5.66. The average Bonchev–Trinajstić information content (AvgIpc) is 2.70. The van der Waals surface area contributed by atoms with Crippen molar-refractivity contribution < 1.29 is 18.7 Å². The minimum atomic E-state index is -3.16. The van der Waals surface area contributed by atoms with Crippen LogP contribution < -0.4 is 0 Å². The van der Waals surface area contributed by atoms with Crippen molar-refractivity contribution in [1.82, 2.24) is 0 Å². The third kappa shape index (κ3) is 4.00. The minimum absolute atomic E-state index is 0.00912. The summed E-state index contributed by atoms with van der Waals surface area (Å²) in [6.45, 7) is 4.13. The first-order chi connectivity index (χ1) is 7.61. The van der Waals surface area contributed by atoms with Crippen molar-refractivity contribution in [3.8, 4) is 0 Å². The molecule has 0 amide bonds. The average molecular weight is 264 g/mol. The van der Waals surface area contributed by atoms with E-state index in [2.05, 4.69) is 0 Å². The Bertz CT molecular complexity index is 329. The van der Waals surface area contributed by atoms with Gasteiger partial charge in [0.25, 0.3) is 0 Å². The van der Waals surface area contributed by atoms with Gasteiger partial charge in [0.1, 0.15) is 0 Å². The Morgan fingerprint density at radius 3 is 2.50 bits per heavy atom. The Hall–Kier alpha value is -0.190. The van der Waals surface area contributed by atoms with Gasteiger partial charge in [-0.2, -0.15) is 0 Å². The number of thiophene rings is 1. The molecule has 1 N–H and O–H groups in total. The largest absolute Gasteiger partial charge is 0.387 e. The number of aliphatic hydroxyl groups is 1. The first-order valence-electron chi connectivity index (χ1n) is 5.21. The topological polar surface area (TPSA) is 55.8 Å². The van der Waals surface area contributed by atoms with E-state index in [4.69, 9.17) is 9.05 Å². The second-order valence-electron chi connectivity index (χ2n) is 3.16. The number of rotatable bonds is 7. The van der Waals surface area contributed by atoms with E-state index < -0.39 is 13.7 Å². The molecule has 0 radical (unpaired) electrons. The molecule has 1 aromatic heterocycles. The molecule has 1 unspecified atom stereocenters. The second kappa shape index (κ2) is 6.52. The Labute approximate surface area is 99.7 Å². The molecule has 0 aliphatic rings. The molecule has 0 saturated carbocycles. The molecule has 1 atom stereocenters. The van der Waals surface area contributed by atoms with E-state index in [1.807, 2.05) is 11.4 Å². The van der Waals surface area contributed by atoms with E-state index in [0.29, 0.717) is 13.2 Å². The highest BCUT2D eigenvalue weighted by atomic mass is 32.1. The van der Waals surface area contributed by atoms with Crippen LogP contribution in [0.25, 0.3) is 0 Å². The lowest BCUT2D eigenvalue weighted by atomic mass is 10.3. The summed E-state index contributed by atoms with van der Waals surface area (Å²) in [7, 11) is -3.16. The van der Waals surface area contributed by atoms with Gasteiger partial charge in [-0.15, -0.1) is 11.3 Å². The molecule has 0 bridgehead atoms. The number of hydrogen-bond donors (Lipinski definition) is 1. The lowest BCUT2D eigenvalue weighted by Gasteiger charge is -2.19. The van der Waals surface area contributed by atoms with Crippen molar-refractivity contribution in [2.45, 2.75) is 20.0 Å². The van der Waals surface area contributed by atoms with Crippen molar-refractivity contribution >= 4 is 18.9 Å². The van der Waals surface area contributed by atoms with Gasteiger partial charge in [0.15, 0.2) is 0 Å². The molecule has 0 spiro atoms. The quantitative estimate of drug-likeness (QED) is 0.769. The van der Waals surface area contributed by atoms with Gasteiger partial charge < -0.3 is 14.2 Å². The van der Waals surface area contributed by atoms with Gasteiger partial charge in [0.2, 0.25) is 0 Å². The van der Waals surface area contributed by atoms with Crippen molar-refractivity contribution in [3.63, 3.8) is 0 Å².